The highest BCUT2D eigenvalue weighted by Gasteiger charge is 2.25. The molecule has 1 unspecified atom stereocenters. The third kappa shape index (κ3) is 5.24. The van der Waals surface area contributed by atoms with Crippen LogP contribution in [0, 0.1) is 5.92 Å². The summed E-state index contributed by atoms with van der Waals surface area (Å²) in [6.07, 6.45) is 2.64. The first-order chi connectivity index (χ1) is 14.8. The second-order valence-corrected chi connectivity index (χ2v) is 7.54. The van der Waals surface area contributed by atoms with Gasteiger partial charge < -0.3 is 15.0 Å². The van der Waals surface area contributed by atoms with Gasteiger partial charge in [0.05, 0.1) is 13.2 Å². The molecule has 1 aliphatic rings. The van der Waals surface area contributed by atoms with E-state index in [0.717, 1.165) is 43.5 Å². The molecule has 2 N–H and O–H groups in total. The zero-order valence-corrected chi connectivity index (χ0v) is 17.3. The largest absolute Gasteiger partial charge is 0.376 e. The van der Waals surface area contributed by atoms with Crippen molar-refractivity contribution in [2.75, 3.05) is 26.7 Å². The van der Waals surface area contributed by atoms with Crippen molar-refractivity contribution < 1.29 is 4.74 Å². The van der Waals surface area contributed by atoms with E-state index in [1.807, 2.05) is 37.4 Å². The number of aromatic amines is 1. The third-order valence-electron chi connectivity index (χ3n) is 5.33. The van der Waals surface area contributed by atoms with Crippen LogP contribution in [0.4, 0.5) is 0 Å². The lowest BCUT2D eigenvalue weighted by Gasteiger charge is -2.22. The predicted molar refractivity (Wildman–Crippen MR) is 118 cm³/mol. The quantitative estimate of drug-likeness (QED) is 0.467. The minimum Gasteiger partial charge on any atom is -0.376 e. The van der Waals surface area contributed by atoms with Gasteiger partial charge in [-0.3, -0.25) is 10.1 Å². The number of aliphatic imine (C=N–C) groups is 1. The summed E-state index contributed by atoms with van der Waals surface area (Å²) in [5, 5.41) is 10.3. The number of ether oxygens (including phenoxy) is 1. The van der Waals surface area contributed by atoms with Crippen molar-refractivity contribution in [3.63, 3.8) is 0 Å². The van der Waals surface area contributed by atoms with Crippen LogP contribution in [-0.4, -0.2) is 52.8 Å². The van der Waals surface area contributed by atoms with Crippen LogP contribution < -0.4 is 5.32 Å². The van der Waals surface area contributed by atoms with E-state index in [4.69, 9.17) is 4.74 Å². The fourth-order valence-corrected chi connectivity index (χ4v) is 3.77. The fourth-order valence-electron chi connectivity index (χ4n) is 3.77. The lowest BCUT2D eigenvalue weighted by molar-refractivity contribution is 0.0906. The molecule has 7 heteroatoms. The third-order valence-corrected chi connectivity index (χ3v) is 5.33. The van der Waals surface area contributed by atoms with Crippen LogP contribution in [0.2, 0.25) is 0 Å². The van der Waals surface area contributed by atoms with Crippen molar-refractivity contribution in [3.8, 4) is 11.4 Å². The Kier molecular flexibility index (Phi) is 6.72. The summed E-state index contributed by atoms with van der Waals surface area (Å²) in [6, 6.07) is 18.6. The van der Waals surface area contributed by atoms with Gasteiger partial charge >= 0.3 is 0 Å². The Labute approximate surface area is 177 Å². The molecule has 3 aromatic rings. The number of benzene rings is 2. The molecule has 156 valence electrons. The van der Waals surface area contributed by atoms with Crippen molar-refractivity contribution >= 4 is 5.96 Å². The number of hydrogen-bond donors (Lipinski definition) is 2. The maximum Gasteiger partial charge on any atom is 0.193 e. The van der Waals surface area contributed by atoms with Crippen molar-refractivity contribution in [1.29, 1.82) is 0 Å². The first-order valence-corrected chi connectivity index (χ1v) is 10.3. The molecule has 2 aromatic carbocycles. The first kappa shape index (κ1) is 20.1. The van der Waals surface area contributed by atoms with Crippen LogP contribution in [0.3, 0.4) is 0 Å². The number of nitrogens with zero attached hydrogens (tertiary/aromatic N) is 4. The van der Waals surface area contributed by atoms with Gasteiger partial charge in [-0.1, -0.05) is 48.5 Å². The van der Waals surface area contributed by atoms with E-state index in [1.54, 1.807) is 0 Å². The monoisotopic (exact) mass is 404 g/mol. The molecule has 1 fully saturated rings. The lowest BCUT2D eigenvalue weighted by Crippen LogP contribution is -2.39. The van der Waals surface area contributed by atoms with E-state index >= 15 is 0 Å². The van der Waals surface area contributed by atoms with Gasteiger partial charge in [-0.05, 0) is 23.6 Å². The molecule has 7 nitrogen and oxygen atoms in total. The summed E-state index contributed by atoms with van der Waals surface area (Å²) in [7, 11) is 1.84. The van der Waals surface area contributed by atoms with Crippen LogP contribution in [0.15, 0.2) is 65.9 Å². The second kappa shape index (κ2) is 10.0. The van der Waals surface area contributed by atoms with Gasteiger partial charge in [-0.15, -0.1) is 0 Å². The zero-order chi connectivity index (χ0) is 20.6. The van der Waals surface area contributed by atoms with Crippen molar-refractivity contribution in [1.82, 2.24) is 25.4 Å². The zero-order valence-electron chi connectivity index (χ0n) is 17.3. The summed E-state index contributed by atoms with van der Waals surface area (Å²) < 4.78 is 5.94. The Balaban J connectivity index is 1.25. The van der Waals surface area contributed by atoms with Gasteiger partial charge in [-0.25, -0.2) is 4.98 Å². The van der Waals surface area contributed by atoms with E-state index in [1.165, 1.54) is 17.5 Å². The topological polar surface area (TPSA) is 78.4 Å². The smallest absolute Gasteiger partial charge is 0.193 e. The molecule has 30 heavy (non-hydrogen) atoms. The Morgan fingerprint density at radius 1 is 1.20 bits per heavy atom. The van der Waals surface area contributed by atoms with E-state index in [9.17, 15) is 0 Å². The highest BCUT2D eigenvalue weighted by atomic mass is 16.5. The number of hydrogen-bond acceptors (Lipinski definition) is 4. The molecule has 1 aliphatic heterocycles. The standard InChI is InChI=1S/C23H28N6O/c1-24-23(25-13-19-8-5-9-21(12-19)22-26-17-27-28-22)29-11-10-20(14-29)16-30-15-18-6-3-2-4-7-18/h2-9,12,17,20H,10-11,13-16H2,1H3,(H,24,25)(H,26,27,28). The molecule has 1 aromatic heterocycles. The Morgan fingerprint density at radius 2 is 2.07 bits per heavy atom. The van der Waals surface area contributed by atoms with Crippen LogP contribution >= 0.6 is 0 Å². The summed E-state index contributed by atoms with van der Waals surface area (Å²) in [5.41, 5.74) is 3.42. The molecule has 0 bridgehead atoms. The minimum absolute atomic E-state index is 0.530. The van der Waals surface area contributed by atoms with Gasteiger partial charge in [0, 0.05) is 38.2 Å². The second-order valence-electron chi connectivity index (χ2n) is 7.54. The summed E-state index contributed by atoms with van der Waals surface area (Å²) >= 11 is 0. The van der Waals surface area contributed by atoms with Crippen LogP contribution in [0.5, 0.6) is 0 Å². The van der Waals surface area contributed by atoms with Crippen molar-refractivity contribution in [2.45, 2.75) is 19.6 Å². The van der Waals surface area contributed by atoms with E-state index < -0.39 is 0 Å². The highest BCUT2D eigenvalue weighted by Crippen LogP contribution is 2.18. The van der Waals surface area contributed by atoms with E-state index in [0.29, 0.717) is 19.1 Å². The summed E-state index contributed by atoms with van der Waals surface area (Å²) in [6.45, 7) is 4.12. The van der Waals surface area contributed by atoms with Gasteiger partial charge in [0.15, 0.2) is 11.8 Å². The number of guanidine groups is 1. The maximum atomic E-state index is 5.94. The summed E-state index contributed by atoms with van der Waals surface area (Å²) in [5.74, 6) is 2.24. The Morgan fingerprint density at radius 3 is 2.87 bits per heavy atom. The minimum atomic E-state index is 0.530. The van der Waals surface area contributed by atoms with Gasteiger partial charge in [0.2, 0.25) is 0 Å². The van der Waals surface area contributed by atoms with Crippen LogP contribution in [0.1, 0.15) is 17.5 Å². The van der Waals surface area contributed by atoms with Gasteiger partial charge in [0.25, 0.3) is 0 Å². The Bertz CT molecular complexity index is 941. The molecular weight excluding hydrogens is 376 g/mol. The molecular formula is C23H28N6O. The molecule has 0 radical (unpaired) electrons. The molecule has 0 spiro atoms. The average molecular weight is 405 g/mol. The maximum absolute atomic E-state index is 5.94. The van der Waals surface area contributed by atoms with Crippen molar-refractivity contribution in [3.05, 3.63) is 72.1 Å². The number of nitrogens with one attached hydrogen (secondary N) is 2. The fraction of sp³-hybridized carbons (Fsp3) is 0.348. The van der Waals surface area contributed by atoms with Crippen LogP contribution in [-0.2, 0) is 17.9 Å². The first-order valence-electron chi connectivity index (χ1n) is 10.3. The molecule has 0 saturated carbocycles. The molecule has 0 aliphatic carbocycles. The highest BCUT2D eigenvalue weighted by molar-refractivity contribution is 5.80. The number of rotatable bonds is 7. The van der Waals surface area contributed by atoms with Crippen LogP contribution in [0.25, 0.3) is 11.4 Å². The molecule has 0 amide bonds. The molecule has 2 heterocycles. The normalized spacial score (nSPS) is 16.8. The lowest BCUT2D eigenvalue weighted by atomic mass is 10.1. The van der Waals surface area contributed by atoms with Gasteiger partial charge in [-0.2, -0.15) is 5.10 Å². The van der Waals surface area contributed by atoms with E-state index in [-0.39, 0.29) is 0 Å². The SMILES string of the molecule is CN=C(NCc1cccc(-c2ncn[nH]2)c1)N1CCC(COCc2ccccc2)C1. The van der Waals surface area contributed by atoms with E-state index in [2.05, 4.69) is 54.7 Å². The molecule has 1 atom stereocenters. The number of likely N-dealkylation sites (tertiary alicyclic amines) is 1. The molecule has 4 rings (SSSR count). The predicted octanol–water partition coefficient (Wildman–Crippen LogP) is 3.09. The number of aromatic nitrogens is 3. The van der Waals surface area contributed by atoms with Crippen molar-refractivity contribution in [2.24, 2.45) is 10.9 Å². The average Bonchev–Trinajstić information content (AvgIpc) is 3.48. The Hall–Kier alpha value is -3.19. The molecule has 1 saturated heterocycles. The summed E-state index contributed by atoms with van der Waals surface area (Å²) in [4.78, 5) is 11.0. The van der Waals surface area contributed by atoms with Gasteiger partial charge in [0.1, 0.15) is 6.33 Å². The number of H-pyrrole nitrogens is 1.